The highest BCUT2D eigenvalue weighted by atomic mass is 35.5. The topological polar surface area (TPSA) is 38.3 Å². The summed E-state index contributed by atoms with van der Waals surface area (Å²) < 4.78 is 6.25. The van der Waals surface area contributed by atoms with Gasteiger partial charge in [-0.05, 0) is 37.0 Å². The van der Waals surface area contributed by atoms with E-state index in [1.165, 1.54) is 0 Å². The van der Waals surface area contributed by atoms with E-state index in [1.807, 2.05) is 12.1 Å². The van der Waals surface area contributed by atoms with E-state index in [0.29, 0.717) is 16.0 Å². The molecular weight excluding hydrogens is 309 g/mol. The van der Waals surface area contributed by atoms with Crippen LogP contribution in [-0.4, -0.2) is 18.1 Å². The Morgan fingerprint density at radius 3 is 2.86 bits per heavy atom. The second-order valence-electron chi connectivity index (χ2n) is 5.97. The molecule has 21 heavy (non-hydrogen) atoms. The number of ether oxygens (including phenoxy) is 1. The van der Waals surface area contributed by atoms with Crippen molar-refractivity contribution >= 4 is 29.1 Å². The minimum Gasteiger partial charge on any atom is -0.370 e. The van der Waals surface area contributed by atoms with Gasteiger partial charge in [0.1, 0.15) is 0 Å². The van der Waals surface area contributed by atoms with Crippen LogP contribution in [0, 0.1) is 5.92 Å². The fraction of sp³-hybridized carbons (Fsp3) is 0.562. The number of hydrogen-bond acceptors (Lipinski definition) is 2. The molecule has 2 aliphatic rings. The lowest BCUT2D eigenvalue weighted by molar-refractivity contribution is -0.124. The first-order valence-corrected chi connectivity index (χ1v) is 8.17. The fourth-order valence-electron chi connectivity index (χ4n) is 3.65. The number of rotatable bonds is 2. The molecule has 1 saturated carbocycles. The van der Waals surface area contributed by atoms with Crippen molar-refractivity contribution in [2.24, 2.45) is 5.92 Å². The molecule has 1 aromatic carbocycles. The van der Waals surface area contributed by atoms with E-state index in [1.54, 1.807) is 13.0 Å². The molecule has 4 atom stereocenters. The van der Waals surface area contributed by atoms with Crippen LogP contribution in [0.15, 0.2) is 18.2 Å². The highest BCUT2D eigenvalue weighted by molar-refractivity contribution is 6.35. The molecule has 0 spiro atoms. The summed E-state index contributed by atoms with van der Waals surface area (Å²) in [5, 5.41) is 4.35. The summed E-state index contributed by atoms with van der Waals surface area (Å²) in [6.45, 7) is 1.57. The number of carbonyl (C=O) groups excluding carboxylic acids is 1. The summed E-state index contributed by atoms with van der Waals surface area (Å²) >= 11 is 12.3. The molecule has 1 N–H and O–H groups in total. The van der Waals surface area contributed by atoms with Crippen LogP contribution in [0.3, 0.4) is 0 Å². The number of amides is 1. The van der Waals surface area contributed by atoms with Gasteiger partial charge in [-0.3, -0.25) is 4.79 Å². The molecule has 1 heterocycles. The largest absolute Gasteiger partial charge is 0.370 e. The third-order valence-electron chi connectivity index (χ3n) is 4.53. The van der Waals surface area contributed by atoms with E-state index < -0.39 is 0 Å². The standard InChI is InChI=1S/C16H19Cl2NO2/c1-9(20)19-14-8-16(21-15-4-2-3-12(14)15)11-6-5-10(17)7-13(11)18/h5-7,12,14-16H,2-4,8H2,1H3,(H,19,20)/t12-,14+,15+,16+/m0/s1. The van der Waals surface area contributed by atoms with Crippen LogP contribution in [0.2, 0.25) is 10.0 Å². The summed E-state index contributed by atoms with van der Waals surface area (Å²) in [7, 11) is 0. The number of halogens is 2. The van der Waals surface area contributed by atoms with Crippen LogP contribution in [0.4, 0.5) is 0 Å². The third kappa shape index (κ3) is 3.20. The smallest absolute Gasteiger partial charge is 0.217 e. The Bertz CT molecular complexity index is 549. The van der Waals surface area contributed by atoms with Gasteiger partial charge >= 0.3 is 0 Å². The maximum Gasteiger partial charge on any atom is 0.217 e. The van der Waals surface area contributed by atoms with E-state index in [-0.39, 0.29) is 24.2 Å². The van der Waals surface area contributed by atoms with Crippen molar-refractivity contribution in [1.82, 2.24) is 5.32 Å². The van der Waals surface area contributed by atoms with Crippen molar-refractivity contribution in [3.8, 4) is 0 Å². The van der Waals surface area contributed by atoms with Gasteiger partial charge in [-0.1, -0.05) is 35.7 Å². The molecule has 114 valence electrons. The molecular formula is C16H19Cl2NO2. The first kappa shape index (κ1) is 15.1. The number of nitrogens with one attached hydrogen (secondary N) is 1. The van der Waals surface area contributed by atoms with Crippen molar-refractivity contribution in [2.45, 2.75) is 50.9 Å². The highest BCUT2D eigenvalue weighted by Crippen LogP contribution is 2.44. The van der Waals surface area contributed by atoms with E-state index in [0.717, 1.165) is 31.2 Å². The van der Waals surface area contributed by atoms with Gasteiger partial charge in [-0.15, -0.1) is 0 Å². The van der Waals surface area contributed by atoms with Gasteiger partial charge in [0.2, 0.25) is 5.91 Å². The van der Waals surface area contributed by atoms with Crippen molar-refractivity contribution in [3.63, 3.8) is 0 Å². The maximum absolute atomic E-state index is 11.5. The lowest BCUT2D eigenvalue weighted by atomic mass is 9.86. The molecule has 1 saturated heterocycles. The van der Waals surface area contributed by atoms with Crippen LogP contribution < -0.4 is 5.32 Å². The second-order valence-corrected chi connectivity index (χ2v) is 6.81. The Hall–Kier alpha value is -0.770. The lowest BCUT2D eigenvalue weighted by Crippen LogP contribution is -2.47. The molecule has 0 unspecified atom stereocenters. The Balaban J connectivity index is 1.84. The molecule has 1 amide bonds. The Kier molecular flexibility index (Phi) is 4.43. The minimum atomic E-state index is -0.0778. The molecule has 1 aromatic rings. The quantitative estimate of drug-likeness (QED) is 0.886. The third-order valence-corrected chi connectivity index (χ3v) is 5.09. The molecule has 0 radical (unpaired) electrons. The monoisotopic (exact) mass is 327 g/mol. The summed E-state index contributed by atoms with van der Waals surface area (Å²) in [6.07, 6.45) is 4.24. The van der Waals surface area contributed by atoms with Crippen molar-refractivity contribution in [2.75, 3.05) is 0 Å². The minimum absolute atomic E-state index is 0.0218. The summed E-state index contributed by atoms with van der Waals surface area (Å²) in [5.41, 5.74) is 0.960. The Morgan fingerprint density at radius 1 is 1.33 bits per heavy atom. The van der Waals surface area contributed by atoms with E-state index >= 15 is 0 Å². The van der Waals surface area contributed by atoms with Crippen molar-refractivity contribution in [3.05, 3.63) is 33.8 Å². The normalized spacial score (nSPS) is 31.8. The van der Waals surface area contributed by atoms with Gasteiger partial charge in [-0.2, -0.15) is 0 Å². The Morgan fingerprint density at radius 2 is 2.14 bits per heavy atom. The van der Waals surface area contributed by atoms with Crippen molar-refractivity contribution < 1.29 is 9.53 Å². The predicted octanol–water partition coefficient (Wildman–Crippen LogP) is 4.13. The van der Waals surface area contributed by atoms with Crippen LogP contribution >= 0.6 is 23.2 Å². The van der Waals surface area contributed by atoms with Gasteiger partial charge in [0.15, 0.2) is 0 Å². The molecule has 0 aromatic heterocycles. The molecule has 3 rings (SSSR count). The first-order valence-electron chi connectivity index (χ1n) is 7.42. The highest BCUT2D eigenvalue weighted by Gasteiger charge is 2.42. The zero-order chi connectivity index (χ0) is 15.0. The van der Waals surface area contributed by atoms with Gasteiger partial charge in [0.05, 0.1) is 12.2 Å². The predicted molar refractivity (Wildman–Crippen MR) is 83.6 cm³/mol. The SMILES string of the molecule is CC(=O)N[C@@H]1C[C@H](c2ccc(Cl)cc2Cl)O[C@@H]2CCC[C@@H]12. The molecule has 5 heteroatoms. The average molecular weight is 328 g/mol. The number of benzene rings is 1. The maximum atomic E-state index is 11.5. The van der Waals surface area contributed by atoms with Crippen LogP contribution in [0.1, 0.15) is 44.3 Å². The molecule has 0 bridgehead atoms. The van der Waals surface area contributed by atoms with Crippen molar-refractivity contribution in [1.29, 1.82) is 0 Å². The van der Waals surface area contributed by atoms with Crippen LogP contribution in [0.5, 0.6) is 0 Å². The average Bonchev–Trinajstić information content (AvgIpc) is 2.86. The van der Waals surface area contributed by atoms with Crippen LogP contribution in [0.25, 0.3) is 0 Å². The zero-order valence-corrected chi connectivity index (χ0v) is 13.5. The lowest BCUT2D eigenvalue weighted by Gasteiger charge is -2.39. The summed E-state index contributed by atoms with van der Waals surface area (Å²) in [6, 6.07) is 5.67. The number of carbonyl (C=O) groups is 1. The van der Waals surface area contributed by atoms with Gasteiger partial charge in [-0.25, -0.2) is 0 Å². The van der Waals surface area contributed by atoms with Gasteiger partial charge < -0.3 is 10.1 Å². The first-order chi connectivity index (χ1) is 10.0. The Labute approximate surface area is 135 Å². The van der Waals surface area contributed by atoms with Gasteiger partial charge in [0, 0.05) is 28.9 Å². The summed E-state index contributed by atoms with van der Waals surface area (Å²) in [4.78, 5) is 11.5. The van der Waals surface area contributed by atoms with E-state index in [2.05, 4.69) is 5.32 Å². The number of hydrogen-bond donors (Lipinski definition) is 1. The number of fused-ring (bicyclic) bond motifs is 1. The van der Waals surface area contributed by atoms with E-state index in [4.69, 9.17) is 27.9 Å². The molecule has 1 aliphatic heterocycles. The molecule has 3 nitrogen and oxygen atoms in total. The second kappa shape index (κ2) is 6.15. The fourth-order valence-corrected chi connectivity index (χ4v) is 4.18. The van der Waals surface area contributed by atoms with Crippen LogP contribution in [-0.2, 0) is 9.53 Å². The summed E-state index contributed by atoms with van der Waals surface area (Å²) in [5.74, 6) is 0.449. The zero-order valence-electron chi connectivity index (χ0n) is 11.9. The molecule has 1 aliphatic carbocycles. The molecule has 2 fully saturated rings. The van der Waals surface area contributed by atoms with Gasteiger partial charge in [0.25, 0.3) is 0 Å². The van der Waals surface area contributed by atoms with E-state index in [9.17, 15) is 4.79 Å².